The minimum Gasteiger partial charge on any atom is -0.368 e. The molecular formula is C16H32N2O. The summed E-state index contributed by atoms with van der Waals surface area (Å²) < 4.78 is 6.22. The minimum absolute atomic E-state index is 0.116. The van der Waals surface area contributed by atoms with Gasteiger partial charge in [-0.3, -0.25) is 0 Å². The van der Waals surface area contributed by atoms with Crippen molar-refractivity contribution in [3.05, 3.63) is 0 Å². The van der Waals surface area contributed by atoms with Gasteiger partial charge in [0.15, 0.2) is 0 Å². The molecule has 2 fully saturated rings. The van der Waals surface area contributed by atoms with Crippen LogP contribution in [0.4, 0.5) is 0 Å². The van der Waals surface area contributed by atoms with Crippen LogP contribution in [0, 0.1) is 5.92 Å². The fourth-order valence-corrected chi connectivity index (χ4v) is 3.93. The van der Waals surface area contributed by atoms with Gasteiger partial charge in [0, 0.05) is 24.5 Å². The van der Waals surface area contributed by atoms with Crippen LogP contribution >= 0.6 is 0 Å². The molecule has 0 amide bonds. The summed E-state index contributed by atoms with van der Waals surface area (Å²) in [6.45, 7) is 13.3. The summed E-state index contributed by atoms with van der Waals surface area (Å²) in [4.78, 5) is 2.64. The zero-order valence-corrected chi connectivity index (χ0v) is 13.4. The van der Waals surface area contributed by atoms with Crippen LogP contribution in [0.2, 0.25) is 0 Å². The van der Waals surface area contributed by atoms with Crippen molar-refractivity contribution < 1.29 is 4.74 Å². The first-order valence-corrected chi connectivity index (χ1v) is 7.94. The van der Waals surface area contributed by atoms with E-state index in [0.717, 1.165) is 6.54 Å². The van der Waals surface area contributed by atoms with E-state index in [4.69, 9.17) is 10.5 Å². The fraction of sp³-hybridized carbons (Fsp3) is 1.00. The molecule has 3 atom stereocenters. The second kappa shape index (κ2) is 5.34. The van der Waals surface area contributed by atoms with Crippen molar-refractivity contribution in [2.45, 2.75) is 83.6 Å². The van der Waals surface area contributed by atoms with E-state index in [1.165, 1.54) is 32.2 Å². The van der Waals surface area contributed by atoms with E-state index in [-0.39, 0.29) is 17.2 Å². The van der Waals surface area contributed by atoms with Crippen molar-refractivity contribution in [1.82, 2.24) is 4.90 Å². The lowest BCUT2D eigenvalue weighted by atomic mass is 9.82. The molecule has 0 aromatic heterocycles. The summed E-state index contributed by atoms with van der Waals surface area (Å²) >= 11 is 0. The SMILES string of the molecule is CC1CCCCCN1CC1C(N)C(C)(C)OC1(C)C. The molecule has 19 heavy (non-hydrogen) atoms. The molecule has 2 heterocycles. The quantitative estimate of drug-likeness (QED) is 0.837. The highest BCUT2D eigenvalue weighted by Crippen LogP contribution is 2.41. The lowest BCUT2D eigenvalue weighted by Gasteiger charge is -2.35. The monoisotopic (exact) mass is 268 g/mol. The highest BCUT2D eigenvalue weighted by Gasteiger charge is 2.52. The van der Waals surface area contributed by atoms with Gasteiger partial charge in [0.05, 0.1) is 11.2 Å². The second-order valence-corrected chi connectivity index (χ2v) is 7.63. The Bertz CT molecular complexity index is 314. The van der Waals surface area contributed by atoms with Crippen molar-refractivity contribution in [1.29, 1.82) is 0 Å². The number of hydrogen-bond acceptors (Lipinski definition) is 3. The van der Waals surface area contributed by atoms with Gasteiger partial charge in [-0.15, -0.1) is 0 Å². The van der Waals surface area contributed by atoms with E-state index in [1.807, 2.05) is 0 Å². The molecule has 0 aromatic carbocycles. The molecule has 3 unspecified atom stereocenters. The number of nitrogens with zero attached hydrogens (tertiary/aromatic N) is 1. The third-order valence-electron chi connectivity index (χ3n) is 5.28. The molecule has 2 aliphatic heterocycles. The van der Waals surface area contributed by atoms with Crippen molar-refractivity contribution in [3.8, 4) is 0 Å². The van der Waals surface area contributed by atoms with Crippen LogP contribution < -0.4 is 5.73 Å². The first kappa shape index (κ1) is 15.3. The van der Waals surface area contributed by atoms with E-state index in [2.05, 4.69) is 39.5 Å². The normalized spacial score (nSPS) is 39.2. The maximum absolute atomic E-state index is 6.48. The standard InChI is InChI=1S/C16H32N2O/c1-12-9-7-6-8-10-18(12)11-13-14(17)16(4,5)19-15(13,2)3/h12-14H,6-11,17H2,1-5H3. The maximum Gasteiger partial charge on any atom is 0.0788 e. The summed E-state index contributed by atoms with van der Waals surface area (Å²) in [7, 11) is 0. The molecule has 2 aliphatic rings. The summed E-state index contributed by atoms with van der Waals surface area (Å²) in [6.07, 6.45) is 5.41. The van der Waals surface area contributed by atoms with Crippen LogP contribution in [-0.2, 0) is 4.74 Å². The van der Waals surface area contributed by atoms with E-state index >= 15 is 0 Å². The minimum atomic E-state index is -0.205. The Kier molecular flexibility index (Phi) is 4.29. The smallest absolute Gasteiger partial charge is 0.0788 e. The van der Waals surface area contributed by atoms with Crippen molar-refractivity contribution in [3.63, 3.8) is 0 Å². The van der Waals surface area contributed by atoms with Gasteiger partial charge in [-0.05, 0) is 54.0 Å². The molecule has 0 spiro atoms. The number of nitrogens with two attached hydrogens (primary N) is 1. The van der Waals surface area contributed by atoms with Gasteiger partial charge in [-0.25, -0.2) is 0 Å². The molecule has 3 heteroatoms. The second-order valence-electron chi connectivity index (χ2n) is 7.63. The van der Waals surface area contributed by atoms with Gasteiger partial charge in [0.1, 0.15) is 0 Å². The fourth-order valence-electron chi connectivity index (χ4n) is 3.93. The molecule has 112 valence electrons. The number of likely N-dealkylation sites (tertiary alicyclic amines) is 1. The molecule has 0 saturated carbocycles. The molecule has 0 aliphatic carbocycles. The van der Waals surface area contributed by atoms with Crippen molar-refractivity contribution >= 4 is 0 Å². The molecule has 0 bridgehead atoms. The predicted molar refractivity (Wildman–Crippen MR) is 80.2 cm³/mol. The third-order valence-corrected chi connectivity index (χ3v) is 5.28. The van der Waals surface area contributed by atoms with Gasteiger partial charge < -0.3 is 15.4 Å². The molecule has 2 saturated heterocycles. The average Bonchev–Trinajstić information content (AvgIpc) is 2.46. The largest absolute Gasteiger partial charge is 0.368 e. The van der Waals surface area contributed by atoms with E-state index < -0.39 is 0 Å². The topological polar surface area (TPSA) is 38.5 Å². The summed E-state index contributed by atoms with van der Waals surface area (Å²) in [5, 5.41) is 0. The van der Waals surface area contributed by atoms with Gasteiger partial charge >= 0.3 is 0 Å². The highest BCUT2D eigenvalue weighted by molar-refractivity contribution is 5.05. The van der Waals surface area contributed by atoms with Crippen molar-refractivity contribution in [2.24, 2.45) is 11.7 Å². The summed E-state index contributed by atoms with van der Waals surface area (Å²) in [5.74, 6) is 0.419. The van der Waals surface area contributed by atoms with E-state index in [0.29, 0.717) is 12.0 Å². The van der Waals surface area contributed by atoms with Crippen LogP contribution in [-0.4, -0.2) is 41.3 Å². The maximum atomic E-state index is 6.48. The molecule has 0 aromatic rings. The Hall–Kier alpha value is -0.120. The van der Waals surface area contributed by atoms with Gasteiger partial charge in [-0.1, -0.05) is 12.8 Å². The Morgan fingerprint density at radius 3 is 2.37 bits per heavy atom. The van der Waals surface area contributed by atoms with Crippen LogP contribution in [0.5, 0.6) is 0 Å². The van der Waals surface area contributed by atoms with E-state index in [9.17, 15) is 0 Å². The van der Waals surface area contributed by atoms with Crippen molar-refractivity contribution in [2.75, 3.05) is 13.1 Å². The predicted octanol–water partition coefficient (Wildman–Crippen LogP) is 2.78. The Morgan fingerprint density at radius 2 is 1.79 bits per heavy atom. The van der Waals surface area contributed by atoms with Crippen LogP contribution in [0.3, 0.4) is 0 Å². The van der Waals surface area contributed by atoms with E-state index in [1.54, 1.807) is 0 Å². The molecular weight excluding hydrogens is 236 g/mol. The van der Waals surface area contributed by atoms with Crippen LogP contribution in [0.15, 0.2) is 0 Å². The highest BCUT2D eigenvalue weighted by atomic mass is 16.5. The number of ether oxygens (including phenoxy) is 1. The molecule has 0 radical (unpaired) electrons. The first-order chi connectivity index (χ1) is 8.74. The average molecular weight is 268 g/mol. The summed E-state index contributed by atoms with van der Waals surface area (Å²) in [6, 6.07) is 0.812. The zero-order valence-electron chi connectivity index (χ0n) is 13.4. The zero-order chi connectivity index (χ0) is 14.3. The molecule has 2 N–H and O–H groups in total. The summed E-state index contributed by atoms with van der Waals surface area (Å²) in [5.41, 5.74) is 6.16. The van der Waals surface area contributed by atoms with Gasteiger partial charge in [0.2, 0.25) is 0 Å². The first-order valence-electron chi connectivity index (χ1n) is 7.94. The number of rotatable bonds is 2. The lowest BCUT2D eigenvalue weighted by molar-refractivity contribution is -0.0790. The lowest BCUT2D eigenvalue weighted by Crippen LogP contribution is -2.49. The molecule has 2 rings (SSSR count). The van der Waals surface area contributed by atoms with Gasteiger partial charge in [0.25, 0.3) is 0 Å². The third kappa shape index (κ3) is 3.14. The number of hydrogen-bond donors (Lipinski definition) is 1. The van der Waals surface area contributed by atoms with Gasteiger partial charge in [-0.2, -0.15) is 0 Å². The molecule has 3 nitrogen and oxygen atoms in total. The Balaban J connectivity index is 2.08. The Morgan fingerprint density at radius 1 is 1.11 bits per heavy atom. The Labute approximate surface area is 118 Å². The van der Waals surface area contributed by atoms with Crippen LogP contribution in [0.25, 0.3) is 0 Å². The van der Waals surface area contributed by atoms with Crippen LogP contribution in [0.1, 0.15) is 60.3 Å².